The normalized spacial score (nSPS) is 10.6. The van der Waals surface area contributed by atoms with Crippen molar-refractivity contribution >= 4 is 5.95 Å². The minimum Gasteiger partial charge on any atom is -0.496 e. The van der Waals surface area contributed by atoms with Crippen LogP contribution in [0.25, 0.3) is 11.4 Å². The largest absolute Gasteiger partial charge is 0.496 e. The Kier molecular flexibility index (Phi) is 4.52. The molecule has 6 nitrogen and oxygen atoms in total. The minimum atomic E-state index is -0.399. The van der Waals surface area contributed by atoms with Crippen LogP contribution in [0.1, 0.15) is 13.8 Å². The highest BCUT2D eigenvalue weighted by Gasteiger charge is 2.14. The van der Waals surface area contributed by atoms with Crippen molar-refractivity contribution in [1.29, 1.82) is 0 Å². The van der Waals surface area contributed by atoms with Crippen LogP contribution in [0, 0.1) is 5.82 Å². The van der Waals surface area contributed by atoms with Crippen molar-refractivity contribution in [2.45, 2.75) is 20.0 Å². The van der Waals surface area contributed by atoms with E-state index in [9.17, 15) is 4.39 Å². The van der Waals surface area contributed by atoms with Gasteiger partial charge in [-0.25, -0.2) is 4.39 Å². The molecule has 0 saturated carbocycles. The molecule has 0 saturated heterocycles. The van der Waals surface area contributed by atoms with Crippen molar-refractivity contribution in [2.75, 3.05) is 19.5 Å². The predicted octanol–water partition coefficient (Wildman–Crippen LogP) is 2.52. The summed E-state index contributed by atoms with van der Waals surface area (Å²) in [6.45, 7) is 3.73. The van der Waals surface area contributed by atoms with Gasteiger partial charge in [0, 0.05) is 7.05 Å². The number of benzene rings is 1. The molecule has 0 aliphatic heterocycles. The summed E-state index contributed by atoms with van der Waals surface area (Å²) in [6.07, 6.45) is -0.0839. The molecular formula is C14H17FN4O2. The molecule has 0 amide bonds. The zero-order valence-corrected chi connectivity index (χ0v) is 12.3. The van der Waals surface area contributed by atoms with Gasteiger partial charge >= 0.3 is 6.01 Å². The molecule has 0 aliphatic rings. The van der Waals surface area contributed by atoms with E-state index in [1.165, 1.54) is 25.3 Å². The fraction of sp³-hybridized carbons (Fsp3) is 0.357. The van der Waals surface area contributed by atoms with Crippen LogP contribution in [0.2, 0.25) is 0 Å². The van der Waals surface area contributed by atoms with Gasteiger partial charge in [-0.15, -0.1) is 0 Å². The maximum absolute atomic E-state index is 13.5. The molecule has 2 aromatic rings. The van der Waals surface area contributed by atoms with Crippen molar-refractivity contribution in [3.8, 4) is 23.1 Å². The molecule has 1 aromatic carbocycles. The molecule has 0 bridgehead atoms. The van der Waals surface area contributed by atoms with Crippen molar-refractivity contribution < 1.29 is 13.9 Å². The first-order valence-corrected chi connectivity index (χ1v) is 6.48. The number of ether oxygens (including phenoxy) is 2. The quantitative estimate of drug-likeness (QED) is 0.913. The Balaban J connectivity index is 2.54. The van der Waals surface area contributed by atoms with Gasteiger partial charge in [0.1, 0.15) is 11.6 Å². The summed E-state index contributed by atoms with van der Waals surface area (Å²) in [7, 11) is 3.18. The van der Waals surface area contributed by atoms with E-state index in [1.807, 2.05) is 13.8 Å². The van der Waals surface area contributed by atoms with Crippen LogP contribution in [-0.4, -0.2) is 35.2 Å². The molecule has 7 heteroatoms. The second-order valence-corrected chi connectivity index (χ2v) is 4.53. The lowest BCUT2D eigenvalue weighted by molar-refractivity contribution is 0.222. The van der Waals surface area contributed by atoms with E-state index in [0.29, 0.717) is 17.3 Å². The number of rotatable bonds is 5. The SMILES string of the molecule is CNc1nc(OC(C)C)nc(-c2cc(F)ccc2OC)n1. The van der Waals surface area contributed by atoms with Gasteiger partial charge in [-0.05, 0) is 32.0 Å². The van der Waals surface area contributed by atoms with Crippen molar-refractivity contribution in [3.05, 3.63) is 24.0 Å². The van der Waals surface area contributed by atoms with Crippen molar-refractivity contribution in [3.63, 3.8) is 0 Å². The van der Waals surface area contributed by atoms with Crippen LogP contribution in [0.4, 0.5) is 10.3 Å². The van der Waals surface area contributed by atoms with E-state index >= 15 is 0 Å². The summed E-state index contributed by atoms with van der Waals surface area (Å²) in [6, 6.07) is 4.32. The van der Waals surface area contributed by atoms with Gasteiger partial charge in [0.05, 0.1) is 18.8 Å². The van der Waals surface area contributed by atoms with Crippen molar-refractivity contribution in [2.24, 2.45) is 0 Å². The van der Waals surface area contributed by atoms with Crippen LogP contribution >= 0.6 is 0 Å². The second kappa shape index (κ2) is 6.34. The Morgan fingerprint density at radius 3 is 2.57 bits per heavy atom. The van der Waals surface area contributed by atoms with Crippen LogP contribution in [0.15, 0.2) is 18.2 Å². The fourth-order valence-electron chi connectivity index (χ4n) is 1.71. The second-order valence-electron chi connectivity index (χ2n) is 4.53. The summed E-state index contributed by atoms with van der Waals surface area (Å²) < 4.78 is 24.2. The van der Waals surface area contributed by atoms with Gasteiger partial charge in [-0.3, -0.25) is 0 Å². The van der Waals surface area contributed by atoms with Crippen LogP contribution < -0.4 is 14.8 Å². The van der Waals surface area contributed by atoms with Gasteiger partial charge in [0.15, 0.2) is 5.82 Å². The monoisotopic (exact) mass is 292 g/mol. The lowest BCUT2D eigenvalue weighted by Gasteiger charge is -2.12. The number of nitrogens with zero attached hydrogens (tertiary/aromatic N) is 3. The third-order valence-corrected chi connectivity index (χ3v) is 2.58. The average molecular weight is 292 g/mol. The summed E-state index contributed by atoms with van der Waals surface area (Å²) in [5.74, 6) is 0.687. The molecule has 0 fully saturated rings. The number of aromatic nitrogens is 3. The molecule has 0 spiro atoms. The topological polar surface area (TPSA) is 69.2 Å². The molecule has 0 unspecified atom stereocenters. The molecule has 1 aromatic heterocycles. The maximum Gasteiger partial charge on any atom is 0.322 e. The standard InChI is InChI=1S/C14H17FN4O2/c1-8(2)21-14-18-12(17-13(16-3)19-14)10-7-9(15)5-6-11(10)20-4/h5-8H,1-4H3,(H,16,17,18,19). The Hall–Kier alpha value is -2.44. The van der Waals surface area contributed by atoms with Crippen LogP contribution in [0.5, 0.6) is 11.8 Å². The molecule has 2 rings (SSSR count). The minimum absolute atomic E-state index is 0.0839. The number of halogens is 1. The van der Waals surface area contributed by atoms with E-state index < -0.39 is 5.82 Å². The zero-order valence-electron chi connectivity index (χ0n) is 12.3. The van der Waals surface area contributed by atoms with E-state index in [1.54, 1.807) is 7.05 Å². The van der Waals surface area contributed by atoms with Gasteiger partial charge in [0.25, 0.3) is 0 Å². The van der Waals surface area contributed by atoms with Gasteiger partial charge < -0.3 is 14.8 Å². The molecule has 1 N–H and O–H groups in total. The van der Waals surface area contributed by atoms with E-state index in [0.717, 1.165) is 0 Å². The third kappa shape index (κ3) is 3.56. The Bertz CT molecular complexity index is 634. The highest BCUT2D eigenvalue weighted by atomic mass is 19.1. The number of methoxy groups -OCH3 is 1. The Morgan fingerprint density at radius 2 is 1.95 bits per heavy atom. The lowest BCUT2D eigenvalue weighted by Crippen LogP contribution is -2.11. The highest BCUT2D eigenvalue weighted by molar-refractivity contribution is 5.65. The Labute approximate surface area is 122 Å². The zero-order chi connectivity index (χ0) is 15.4. The molecule has 1 heterocycles. The Morgan fingerprint density at radius 1 is 1.19 bits per heavy atom. The number of anilines is 1. The summed E-state index contributed by atoms with van der Waals surface area (Å²) >= 11 is 0. The smallest absolute Gasteiger partial charge is 0.322 e. The lowest BCUT2D eigenvalue weighted by atomic mass is 10.2. The number of nitrogens with one attached hydrogen (secondary N) is 1. The molecule has 0 aliphatic carbocycles. The molecular weight excluding hydrogens is 275 g/mol. The summed E-state index contributed by atoms with van der Waals surface area (Å²) in [5.41, 5.74) is 0.435. The molecule has 112 valence electrons. The van der Waals surface area contributed by atoms with Gasteiger partial charge in [-0.2, -0.15) is 15.0 Å². The van der Waals surface area contributed by atoms with E-state index in [2.05, 4.69) is 20.3 Å². The summed E-state index contributed by atoms with van der Waals surface area (Å²) in [4.78, 5) is 12.5. The highest BCUT2D eigenvalue weighted by Crippen LogP contribution is 2.29. The van der Waals surface area contributed by atoms with Crippen molar-refractivity contribution in [1.82, 2.24) is 15.0 Å². The van der Waals surface area contributed by atoms with E-state index in [-0.39, 0.29) is 17.9 Å². The molecule has 0 radical (unpaired) electrons. The predicted molar refractivity (Wildman–Crippen MR) is 77.1 cm³/mol. The van der Waals surface area contributed by atoms with Gasteiger partial charge in [0.2, 0.25) is 5.95 Å². The first kappa shape index (κ1) is 15.0. The average Bonchev–Trinajstić information content (AvgIpc) is 2.46. The first-order chi connectivity index (χ1) is 10.0. The first-order valence-electron chi connectivity index (χ1n) is 6.48. The summed E-state index contributed by atoms with van der Waals surface area (Å²) in [5, 5.41) is 2.83. The molecule has 0 atom stereocenters. The fourth-order valence-corrected chi connectivity index (χ4v) is 1.71. The number of hydrogen-bond donors (Lipinski definition) is 1. The van der Waals surface area contributed by atoms with E-state index in [4.69, 9.17) is 9.47 Å². The van der Waals surface area contributed by atoms with Gasteiger partial charge in [-0.1, -0.05) is 0 Å². The third-order valence-electron chi connectivity index (χ3n) is 2.58. The molecule has 21 heavy (non-hydrogen) atoms. The van der Waals surface area contributed by atoms with Crippen LogP contribution in [-0.2, 0) is 0 Å². The number of hydrogen-bond acceptors (Lipinski definition) is 6. The van der Waals surface area contributed by atoms with Crippen LogP contribution in [0.3, 0.4) is 0 Å². The maximum atomic E-state index is 13.5.